The fraction of sp³-hybridized carbons (Fsp3) is 0.533. The third-order valence-electron chi connectivity index (χ3n) is 3.52. The van der Waals surface area contributed by atoms with Crippen LogP contribution in [0.3, 0.4) is 0 Å². The normalized spacial score (nSPS) is 25.4. The van der Waals surface area contributed by atoms with Crippen molar-refractivity contribution in [1.29, 1.82) is 0 Å². The molecule has 1 aliphatic carbocycles. The van der Waals surface area contributed by atoms with Crippen LogP contribution in [0.2, 0.25) is 0 Å². The number of esters is 1. The molecule has 110 valence electrons. The van der Waals surface area contributed by atoms with Crippen molar-refractivity contribution in [3.63, 3.8) is 0 Å². The van der Waals surface area contributed by atoms with E-state index in [-0.39, 0.29) is 24.7 Å². The Labute approximate surface area is 126 Å². The number of hydrogen-bond acceptors (Lipinski definition) is 3. The third-order valence-corrected chi connectivity index (χ3v) is 4.16. The minimum absolute atomic E-state index is 0.277. The van der Waals surface area contributed by atoms with E-state index in [2.05, 4.69) is 15.9 Å². The molecule has 0 atom stereocenters. The second-order valence-electron chi connectivity index (χ2n) is 5.79. The van der Waals surface area contributed by atoms with Crippen molar-refractivity contribution in [1.82, 2.24) is 0 Å². The van der Waals surface area contributed by atoms with Gasteiger partial charge >= 0.3 is 5.97 Å². The number of rotatable bonds is 4. The highest BCUT2D eigenvalue weighted by Gasteiger charge is 2.48. The molecule has 0 unspecified atom stereocenters. The molecule has 0 saturated heterocycles. The van der Waals surface area contributed by atoms with Gasteiger partial charge < -0.3 is 9.84 Å². The lowest BCUT2D eigenvalue weighted by molar-refractivity contribution is -0.167. The van der Waals surface area contributed by atoms with Crippen LogP contribution in [-0.2, 0) is 15.1 Å². The fourth-order valence-corrected chi connectivity index (χ4v) is 2.56. The Balaban J connectivity index is 1.96. The summed E-state index contributed by atoms with van der Waals surface area (Å²) in [5.74, 6) is -0.702. The van der Waals surface area contributed by atoms with Crippen LogP contribution < -0.4 is 0 Å². The van der Waals surface area contributed by atoms with Gasteiger partial charge in [-0.3, -0.25) is 4.79 Å². The standard InChI is InChI=1S/C15H18BrFO3/c1-9(2)8-20-14(18)10-6-15(19,7-10)11-3-4-12(16)13(17)5-11/h3-5,9-10,19H,6-8H2,1-2H3. The molecule has 0 spiro atoms. The van der Waals surface area contributed by atoms with E-state index in [0.717, 1.165) is 0 Å². The van der Waals surface area contributed by atoms with Crippen molar-refractivity contribution in [2.45, 2.75) is 32.3 Å². The van der Waals surface area contributed by atoms with E-state index >= 15 is 0 Å². The summed E-state index contributed by atoms with van der Waals surface area (Å²) in [5, 5.41) is 10.4. The lowest BCUT2D eigenvalue weighted by Gasteiger charge is -2.42. The predicted molar refractivity (Wildman–Crippen MR) is 76.5 cm³/mol. The van der Waals surface area contributed by atoms with Gasteiger partial charge in [0, 0.05) is 0 Å². The van der Waals surface area contributed by atoms with E-state index < -0.39 is 11.4 Å². The maximum absolute atomic E-state index is 13.5. The zero-order valence-corrected chi connectivity index (χ0v) is 13.1. The van der Waals surface area contributed by atoms with Crippen LogP contribution in [0.25, 0.3) is 0 Å². The number of halogens is 2. The van der Waals surface area contributed by atoms with Gasteiger partial charge in [-0.25, -0.2) is 4.39 Å². The molecular formula is C15H18BrFO3. The van der Waals surface area contributed by atoms with E-state index in [9.17, 15) is 14.3 Å². The zero-order chi connectivity index (χ0) is 14.9. The van der Waals surface area contributed by atoms with Crippen LogP contribution in [0.15, 0.2) is 22.7 Å². The largest absolute Gasteiger partial charge is 0.465 e. The SMILES string of the molecule is CC(C)COC(=O)C1CC(O)(c2ccc(Br)c(F)c2)C1. The summed E-state index contributed by atoms with van der Waals surface area (Å²) in [5.41, 5.74) is -0.616. The van der Waals surface area contributed by atoms with Crippen molar-refractivity contribution in [3.05, 3.63) is 34.1 Å². The summed E-state index contributed by atoms with van der Waals surface area (Å²) in [7, 11) is 0. The topological polar surface area (TPSA) is 46.5 Å². The summed E-state index contributed by atoms with van der Waals surface area (Å²) in [6.45, 7) is 4.32. The molecule has 0 amide bonds. The molecule has 0 bridgehead atoms. The number of hydrogen-bond donors (Lipinski definition) is 1. The number of aliphatic hydroxyl groups is 1. The molecule has 20 heavy (non-hydrogen) atoms. The van der Waals surface area contributed by atoms with Gasteiger partial charge in [-0.1, -0.05) is 19.9 Å². The minimum atomic E-state index is -1.12. The lowest BCUT2D eigenvalue weighted by Crippen LogP contribution is -2.45. The zero-order valence-electron chi connectivity index (χ0n) is 11.5. The van der Waals surface area contributed by atoms with Crippen molar-refractivity contribution < 1.29 is 19.0 Å². The number of benzene rings is 1. The van der Waals surface area contributed by atoms with Crippen molar-refractivity contribution in [3.8, 4) is 0 Å². The molecule has 5 heteroatoms. The molecule has 0 radical (unpaired) electrons. The first-order valence-electron chi connectivity index (χ1n) is 6.66. The highest BCUT2D eigenvalue weighted by molar-refractivity contribution is 9.10. The van der Waals surface area contributed by atoms with Gasteiger partial charge in [-0.15, -0.1) is 0 Å². The predicted octanol–water partition coefficient (Wildman–Crippen LogP) is 3.39. The van der Waals surface area contributed by atoms with Crippen molar-refractivity contribution in [2.24, 2.45) is 11.8 Å². The molecule has 1 N–H and O–H groups in total. The van der Waals surface area contributed by atoms with Crippen LogP contribution in [0.1, 0.15) is 32.3 Å². The smallest absolute Gasteiger partial charge is 0.309 e. The number of carbonyl (C=O) groups excluding carboxylic acids is 1. The molecular weight excluding hydrogens is 327 g/mol. The van der Waals surface area contributed by atoms with Crippen molar-refractivity contribution in [2.75, 3.05) is 6.61 Å². The Morgan fingerprint density at radius 3 is 2.75 bits per heavy atom. The van der Waals surface area contributed by atoms with Crippen LogP contribution in [0.5, 0.6) is 0 Å². The number of carbonyl (C=O) groups is 1. The second-order valence-corrected chi connectivity index (χ2v) is 6.64. The molecule has 3 nitrogen and oxygen atoms in total. The molecule has 0 aromatic heterocycles. The van der Waals surface area contributed by atoms with Crippen LogP contribution >= 0.6 is 15.9 Å². The second kappa shape index (κ2) is 5.82. The summed E-state index contributed by atoms with van der Waals surface area (Å²) in [6, 6.07) is 4.54. The maximum Gasteiger partial charge on any atom is 0.309 e. The van der Waals surface area contributed by atoms with E-state index in [1.807, 2.05) is 13.8 Å². The molecule has 1 aromatic rings. The summed E-state index contributed by atoms with van der Waals surface area (Å²) in [6.07, 6.45) is 0.565. The van der Waals surface area contributed by atoms with E-state index in [4.69, 9.17) is 4.74 Å². The Bertz CT molecular complexity index is 510. The summed E-state index contributed by atoms with van der Waals surface area (Å²) in [4.78, 5) is 11.8. The quantitative estimate of drug-likeness (QED) is 0.851. The average molecular weight is 345 g/mol. The van der Waals surface area contributed by atoms with Gasteiger partial charge in [0.1, 0.15) is 5.82 Å². The lowest BCUT2D eigenvalue weighted by atomic mass is 9.67. The molecule has 2 rings (SSSR count). The van der Waals surface area contributed by atoms with Crippen LogP contribution in [-0.4, -0.2) is 17.7 Å². The van der Waals surface area contributed by atoms with E-state index in [0.29, 0.717) is 22.6 Å². The van der Waals surface area contributed by atoms with Gasteiger partial charge in [0.05, 0.1) is 22.6 Å². The van der Waals surface area contributed by atoms with Gasteiger partial charge in [0.15, 0.2) is 0 Å². The summed E-state index contributed by atoms with van der Waals surface area (Å²) < 4.78 is 19.0. The highest BCUT2D eigenvalue weighted by atomic mass is 79.9. The highest BCUT2D eigenvalue weighted by Crippen LogP contribution is 2.46. The van der Waals surface area contributed by atoms with Crippen LogP contribution in [0.4, 0.5) is 4.39 Å². The maximum atomic E-state index is 13.5. The Morgan fingerprint density at radius 1 is 1.55 bits per heavy atom. The van der Waals surface area contributed by atoms with E-state index in [1.165, 1.54) is 6.07 Å². The first-order valence-corrected chi connectivity index (χ1v) is 7.45. The van der Waals surface area contributed by atoms with Gasteiger partial charge in [0.25, 0.3) is 0 Å². The van der Waals surface area contributed by atoms with Gasteiger partial charge in [0.2, 0.25) is 0 Å². The van der Waals surface area contributed by atoms with E-state index in [1.54, 1.807) is 12.1 Å². The number of ether oxygens (including phenoxy) is 1. The minimum Gasteiger partial charge on any atom is -0.465 e. The molecule has 1 aromatic carbocycles. The molecule has 1 fully saturated rings. The molecule has 1 saturated carbocycles. The molecule has 0 aliphatic heterocycles. The van der Waals surface area contributed by atoms with Crippen molar-refractivity contribution >= 4 is 21.9 Å². The third kappa shape index (κ3) is 3.20. The molecule has 1 aliphatic rings. The van der Waals surface area contributed by atoms with Crippen LogP contribution in [0, 0.1) is 17.7 Å². The summed E-state index contributed by atoms with van der Waals surface area (Å²) >= 11 is 3.07. The van der Waals surface area contributed by atoms with Gasteiger partial charge in [-0.2, -0.15) is 0 Å². The average Bonchev–Trinajstić information content (AvgIpc) is 2.35. The first kappa shape index (κ1) is 15.4. The first-order chi connectivity index (χ1) is 9.32. The monoisotopic (exact) mass is 344 g/mol. The Morgan fingerprint density at radius 2 is 2.20 bits per heavy atom. The molecule has 0 heterocycles. The Kier molecular flexibility index (Phi) is 4.49. The Hall–Kier alpha value is -0.940. The fourth-order valence-electron chi connectivity index (χ4n) is 2.31. The van der Waals surface area contributed by atoms with Gasteiger partial charge in [-0.05, 0) is 52.4 Å².